The largest absolute Gasteiger partial charge is 0.494 e. The predicted octanol–water partition coefficient (Wildman–Crippen LogP) is 2.03. The van der Waals surface area contributed by atoms with Crippen molar-refractivity contribution in [3.63, 3.8) is 0 Å². The SMILES string of the molecule is CCOc1ccc(S(=O)(=O)N/N=C\c2cc3c(cc2[N+](=O)[O-])OCO3)cc1. The number of hydrogen-bond acceptors (Lipinski definition) is 8. The fourth-order valence-corrected chi connectivity index (χ4v) is 3.10. The lowest BCUT2D eigenvalue weighted by molar-refractivity contribution is -0.385. The molecule has 1 heterocycles. The molecule has 0 unspecified atom stereocenters. The third kappa shape index (κ3) is 4.08. The molecule has 1 aliphatic heterocycles. The minimum absolute atomic E-state index is 0.0247. The van der Waals surface area contributed by atoms with Crippen LogP contribution in [0.4, 0.5) is 5.69 Å². The summed E-state index contributed by atoms with van der Waals surface area (Å²) in [7, 11) is -3.94. The number of hydrogen-bond donors (Lipinski definition) is 1. The Kier molecular flexibility index (Phi) is 5.12. The van der Waals surface area contributed by atoms with Crippen LogP contribution in [0.5, 0.6) is 17.2 Å². The van der Waals surface area contributed by atoms with Gasteiger partial charge in [0.2, 0.25) is 6.79 Å². The van der Waals surface area contributed by atoms with E-state index in [0.29, 0.717) is 18.1 Å². The van der Waals surface area contributed by atoms with Crippen molar-refractivity contribution in [2.45, 2.75) is 11.8 Å². The highest BCUT2D eigenvalue weighted by Crippen LogP contribution is 2.37. The molecule has 3 rings (SSSR count). The smallest absolute Gasteiger partial charge is 0.282 e. The number of fused-ring (bicyclic) bond motifs is 1. The first-order chi connectivity index (χ1) is 12.9. The second-order valence-electron chi connectivity index (χ2n) is 5.28. The number of benzene rings is 2. The average Bonchev–Trinajstić information content (AvgIpc) is 3.09. The molecule has 0 aliphatic carbocycles. The van der Waals surface area contributed by atoms with Crippen LogP contribution in [-0.4, -0.2) is 33.0 Å². The maximum absolute atomic E-state index is 12.3. The summed E-state index contributed by atoms with van der Waals surface area (Å²) >= 11 is 0. The summed E-state index contributed by atoms with van der Waals surface area (Å²) in [5.41, 5.74) is -0.220. The van der Waals surface area contributed by atoms with Gasteiger partial charge in [-0.15, -0.1) is 0 Å². The normalized spacial score (nSPS) is 12.9. The lowest BCUT2D eigenvalue weighted by Crippen LogP contribution is -2.18. The fourth-order valence-electron chi connectivity index (χ4n) is 2.31. The van der Waals surface area contributed by atoms with Gasteiger partial charge in [0.15, 0.2) is 11.5 Å². The molecule has 27 heavy (non-hydrogen) atoms. The second-order valence-corrected chi connectivity index (χ2v) is 6.94. The highest BCUT2D eigenvalue weighted by atomic mass is 32.2. The van der Waals surface area contributed by atoms with Crippen molar-refractivity contribution in [3.05, 3.63) is 52.1 Å². The first kappa shape index (κ1) is 18.5. The highest BCUT2D eigenvalue weighted by Gasteiger charge is 2.22. The van der Waals surface area contributed by atoms with Crippen molar-refractivity contribution < 1.29 is 27.6 Å². The average molecular weight is 393 g/mol. The quantitative estimate of drug-likeness (QED) is 0.433. The second kappa shape index (κ2) is 7.50. The van der Waals surface area contributed by atoms with Crippen LogP contribution < -0.4 is 19.0 Å². The number of nitro benzene ring substituents is 1. The van der Waals surface area contributed by atoms with Gasteiger partial charge in [-0.25, -0.2) is 4.83 Å². The molecule has 0 bridgehead atoms. The molecule has 2 aromatic carbocycles. The topological polar surface area (TPSA) is 129 Å². The van der Waals surface area contributed by atoms with Gasteiger partial charge in [0.05, 0.1) is 34.3 Å². The van der Waals surface area contributed by atoms with Crippen molar-refractivity contribution in [3.8, 4) is 17.2 Å². The Morgan fingerprint density at radius 2 is 1.93 bits per heavy atom. The van der Waals surface area contributed by atoms with Crippen LogP contribution in [-0.2, 0) is 10.0 Å². The molecule has 0 fully saturated rings. The van der Waals surface area contributed by atoms with E-state index in [1.807, 2.05) is 11.8 Å². The van der Waals surface area contributed by atoms with Crippen LogP contribution in [0.1, 0.15) is 12.5 Å². The maximum Gasteiger partial charge on any atom is 0.282 e. The fraction of sp³-hybridized carbons (Fsp3) is 0.188. The lowest BCUT2D eigenvalue weighted by Gasteiger charge is -2.06. The summed E-state index contributed by atoms with van der Waals surface area (Å²) < 4.78 is 40.0. The van der Waals surface area contributed by atoms with Crippen molar-refractivity contribution in [1.82, 2.24) is 4.83 Å². The molecule has 0 saturated heterocycles. The molecule has 1 N–H and O–H groups in total. The highest BCUT2D eigenvalue weighted by molar-refractivity contribution is 7.89. The van der Waals surface area contributed by atoms with E-state index in [1.54, 1.807) is 0 Å². The lowest BCUT2D eigenvalue weighted by atomic mass is 10.1. The van der Waals surface area contributed by atoms with Gasteiger partial charge < -0.3 is 14.2 Å². The molecule has 0 saturated carbocycles. The van der Waals surface area contributed by atoms with E-state index in [9.17, 15) is 18.5 Å². The zero-order chi connectivity index (χ0) is 19.4. The van der Waals surface area contributed by atoms with Crippen LogP contribution in [0.15, 0.2) is 46.4 Å². The van der Waals surface area contributed by atoms with Gasteiger partial charge in [-0.2, -0.15) is 13.5 Å². The standard InChI is InChI=1S/C16H15N3O7S/c1-2-24-12-3-5-13(6-4-12)27(22,23)18-17-9-11-7-15-16(26-10-25-15)8-14(11)19(20)21/h3-9,18H,2,10H2,1H3/b17-9-. The maximum atomic E-state index is 12.3. The molecular weight excluding hydrogens is 378 g/mol. The molecule has 2 aromatic rings. The monoisotopic (exact) mass is 393 g/mol. The van der Waals surface area contributed by atoms with Gasteiger partial charge in [-0.1, -0.05) is 0 Å². The number of nitrogens with one attached hydrogen (secondary N) is 1. The van der Waals surface area contributed by atoms with E-state index in [-0.39, 0.29) is 28.7 Å². The Morgan fingerprint density at radius 1 is 1.26 bits per heavy atom. The molecule has 0 spiro atoms. The zero-order valence-electron chi connectivity index (χ0n) is 14.1. The number of ether oxygens (including phenoxy) is 3. The van der Waals surface area contributed by atoms with Crippen LogP contribution in [0.2, 0.25) is 0 Å². The molecule has 0 atom stereocenters. The minimum Gasteiger partial charge on any atom is -0.494 e. The van der Waals surface area contributed by atoms with Gasteiger partial charge >= 0.3 is 0 Å². The zero-order valence-corrected chi connectivity index (χ0v) is 14.9. The summed E-state index contributed by atoms with van der Waals surface area (Å²) in [4.78, 5) is 12.6. The van der Waals surface area contributed by atoms with Crippen molar-refractivity contribution in [1.29, 1.82) is 0 Å². The van der Waals surface area contributed by atoms with E-state index in [0.717, 1.165) is 6.21 Å². The summed E-state index contributed by atoms with van der Waals surface area (Å²) in [5, 5.41) is 14.8. The van der Waals surface area contributed by atoms with Gasteiger partial charge in [0.1, 0.15) is 5.75 Å². The summed E-state index contributed by atoms with van der Waals surface area (Å²) in [5.74, 6) is 1.10. The first-order valence-electron chi connectivity index (χ1n) is 7.76. The Morgan fingerprint density at radius 3 is 2.56 bits per heavy atom. The number of sulfonamides is 1. The number of rotatable bonds is 7. The van der Waals surface area contributed by atoms with E-state index in [4.69, 9.17) is 14.2 Å². The number of nitrogens with zero attached hydrogens (tertiary/aromatic N) is 2. The van der Waals surface area contributed by atoms with E-state index in [1.165, 1.54) is 36.4 Å². The number of hydrazone groups is 1. The summed E-state index contributed by atoms with van der Waals surface area (Å²) in [6, 6.07) is 8.33. The third-order valence-electron chi connectivity index (χ3n) is 3.54. The van der Waals surface area contributed by atoms with Crippen LogP contribution in [0.25, 0.3) is 0 Å². The van der Waals surface area contributed by atoms with E-state index >= 15 is 0 Å². The van der Waals surface area contributed by atoms with Crippen LogP contribution in [0, 0.1) is 10.1 Å². The van der Waals surface area contributed by atoms with Crippen LogP contribution in [0.3, 0.4) is 0 Å². The van der Waals surface area contributed by atoms with Gasteiger partial charge in [0.25, 0.3) is 15.7 Å². The van der Waals surface area contributed by atoms with Gasteiger partial charge in [-0.05, 0) is 37.3 Å². The minimum atomic E-state index is -3.94. The Balaban J connectivity index is 1.79. The van der Waals surface area contributed by atoms with E-state index in [2.05, 4.69) is 5.10 Å². The molecule has 0 radical (unpaired) electrons. The van der Waals surface area contributed by atoms with Gasteiger partial charge in [0, 0.05) is 0 Å². The Hall–Kier alpha value is -3.34. The first-order valence-corrected chi connectivity index (χ1v) is 9.25. The summed E-state index contributed by atoms with van der Waals surface area (Å²) in [6.07, 6.45) is 1.03. The molecule has 11 heteroatoms. The van der Waals surface area contributed by atoms with E-state index < -0.39 is 14.9 Å². The molecule has 1 aliphatic rings. The Labute approximate surface area is 154 Å². The molecule has 0 aromatic heterocycles. The molecule has 0 amide bonds. The number of nitro groups is 1. The molecule has 10 nitrogen and oxygen atoms in total. The summed E-state index contributed by atoms with van der Waals surface area (Å²) in [6.45, 7) is 2.23. The predicted molar refractivity (Wildman–Crippen MR) is 94.7 cm³/mol. The van der Waals surface area contributed by atoms with Crippen molar-refractivity contribution in [2.24, 2.45) is 5.10 Å². The third-order valence-corrected chi connectivity index (χ3v) is 4.78. The molecule has 142 valence electrons. The van der Waals surface area contributed by atoms with Crippen molar-refractivity contribution in [2.75, 3.05) is 13.4 Å². The van der Waals surface area contributed by atoms with Crippen molar-refractivity contribution >= 4 is 21.9 Å². The molecular formula is C16H15N3O7S. The van der Waals surface area contributed by atoms with Gasteiger partial charge in [-0.3, -0.25) is 10.1 Å². The van der Waals surface area contributed by atoms with Crippen LogP contribution >= 0.6 is 0 Å². The Bertz CT molecular complexity index is 988.